The van der Waals surface area contributed by atoms with Gasteiger partial charge in [0.2, 0.25) is 0 Å². The molecule has 0 amide bonds. The Labute approximate surface area is 125 Å². The molecule has 0 bridgehead atoms. The summed E-state index contributed by atoms with van der Waals surface area (Å²) in [6.45, 7) is 0.280. The maximum Gasteiger partial charge on any atom is 0.293 e. The summed E-state index contributed by atoms with van der Waals surface area (Å²) < 4.78 is 1.41. The molecule has 0 unspecified atom stereocenters. The van der Waals surface area contributed by atoms with Gasteiger partial charge in [0.05, 0.1) is 17.0 Å². The molecule has 0 radical (unpaired) electrons. The first-order valence-electron chi connectivity index (χ1n) is 6.61. The summed E-state index contributed by atoms with van der Waals surface area (Å²) in [6, 6.07) is 14.8. The van der Waals surface area contributed by atoms with Gasteiger partial charge < -0.3 is 9.67 Å². The van der Waals surface area contributed by atoms with Crippen molar-refractivity contribution in [1.82, 2.24) is 4.57 Å². The van der Waals surface area contributed by atoms with Crippen molar-refractivity contribution < 1.29 is 10.0 Å². The van der Waals surface area contributed by atoms with Crippen LogP contribution in [0.4, 0.5) is 5.69 Å². The van der Waals surface area contributed by atoms with Crippen LogP contribution in [-0.4, -0.2) is 14.6 Å². The summed E-state index contributed by atoms with van der Waals surface area (Å²) in [7, 11) is 0. The number of non-ortho nitro benzene ring substituents is 1. The van der Waals surface area contributed by atoms with Crippen LogP contribution in [0.2, 0.25) is 0 Å². The van der Waals surface area contributed by atoms with E-state index < -0.39 is 16.2 Å². The Morgan fingerprint density at radius 1 is 1.09 bits per heavy atom. The molecule has 0 aliphatic heterocycles. The van der Waals surface area contributed by atoms with Gasteiger partial charge in [-0.05, 0) is 17.7 Å². The summed E-state index contributed by atoms with van der Waals surface area (Å²) in [5, 5.41) is 21.1. The molecule has 0 atom stereocenters. The fourth-order valence-electron chi connectivity index (χ4n) is 2.40. The lowest BCUT2D eigenvalue weighted by molar-refractivity contribution is -0.384. The SMILES string of the molecule is O=c1c(O)cc2cc([N+](=O)[O-])ccc2n1Cc1ccccc1. The predicted octanol–water partition coefficient (Wildman–Crippen LogP) is 2.66. The number of aromatic hydroxyl groups is 1. The maximum absolute atomic E-state index is 12.2. The number of nitrogens with zero attached hydrogens (tertiary/aromatic N) is 2. The standard InChI is InChI=1S/C16H12N2O4/c19-15-9-12-8-13(18(21)22)6-7-14(12)17(16(15)20)10-11-4-2-1-3-5-11/h1-9,19H,10H2. The van der Waals surface area contributed by atoms with E-state index >= 15 is 0 Å². The van der Waals surface area contributed by atoms with E-state index in [1.54, 1.807) is 0 Å². The number of fused-ring (bicyclic) bond motifs is 1. The van der Waals surface area contributed by atoms with Gasteiger partial charge in [0.15, 0.2) is 5.75 Å². The third-order valence-electron chi connectivity index (χ3n) is 3.45. The third kappa shape index (κ3) is 2.42. The molecule has 2 aromatic carbocycles. The molecule has 0 fully saturated rings. The molecule has 1 N–H and O–H groups in total. The van der Waals surface area contributed by atoms with Crippen LogP contribution in [0.25, 0.3) is 10.9 Å². The lowest BCUT2D eigenvalue weighted by atomic mass is 10.1. The largest absolute Gasteiger partial charge is 0.503 e. The zero-order chi connectivity index (χ0) is 15.7. The predicted molar refractivity (Wildman–Crippen MR) is 82.1 cm³/mol. The second-order valence-corrected chi connectivity index (χ2v) is 4.91. The maximum atomic E-state index is 12.2. The minimum absolute atomic E-state index is 0.0863. The molecule has 3 aromatic rings. The molecule has 110 valence electrons. The number of benzene rings is 2. The van der Waals surface area contributed by atoms with Crippen molar-refractivity contribution in [2.75, 3.05) is 0 Å². The average Bonchev–Trinajstić information content (AvgIpc) is 2.52. The Bertz CT molecular complexity index is 917. The third-order valence-corrected chi connectivity index (χ3v) is 3.45. The number of hydrogen-bond donors (Lipinski definition) is 1. The van der Waals surface area contributed by atoms with Crippen molar-refractivity contribution in [3.8, 4) is 5.75 Å². The minimum Gasteiger partial charge on any atom is -0.503 e. The molecule has 0 saturated heterocycles. The van der Waals surface area contributed by atoms with E-state index in [2.05, 4.69) is 0 Å². The fraction of sp³-hybridized carbons (Fsp3) is 0.0625. The quantitative estimate of drug-likeness (QED) is 0.594. The summed E-state index contributed by atoms with van der Waals surface area (Å²) >= 11 is 0. The highest BCUT2D eigenvalue weighted by Crippen LogP contribution is 2.23. The van der Waals surface area contributed by atoms with Gasteiger partial charge in [0.1, 0.15) is 0 Å². The van der Waals surface area contributed by atoms with Crippen molar-refractivity contribution in [2.45, 2.75) is 6.54 Å². The first kappa shape index (κ1) is 13.8. The number of hydrogen-bond acceptors (Lipinski definition) is 4. The molecular formula is C16H12N2O4. The van der Waals surface area contributed by atoms with Gasteiger partial charge in [-0.3, -0.25) is 14.9 Å². The van der Waals surface area contributed by atoms with Crippen LogP contribution in [0.3, 0.4) is 0 Å². The van der Waals surface area contributed by atoms with E-state index in [9.17, 15) is 20.0 Å². The normalized spacial score (nSPS) is 10.7. The minimum atomic E-state index is -0.523. The molecule has 3 rings (SSSR count). The number of nitro benzene ring substituents is 1. The first-order chi connectivity index (χ1) is 10.6. The Balaban J connectivity index is 2.21. The van der Waals surface area contributed by atoms with Crippen molar-refractivity contribution in [3.63, 3.8) is 0 Å². The summed E-state index contributed by atoms with van der Waals surface area (Å²) in [5.74, 6) is -0.427. The highest BCUT2D eigenvalue weighted by Gasteiger charge is 2.12. The second-order valence-electron chi connectivity index (χ2n) is 4.91. The van der Waals surface area contributed by atoms with E-state index in [1.165, 1.54) is 28.8 Å². The van der Waals surface area contributed by atoms with Crippen molar-refractivity contribution in [3.05, 3.63) is 80.6 Å². The average molecular weight is 296 g/mol. The topological polar surface area (TPSA) is 85.4 Å². The Morgan fingerprint density at radius 2 is 1.82 bits per heavy atom. The molecule has 0 aliphatic rings. The highest BCUT2D eigenvalue weighted by atomic mass is 16.6. The van der Waals surface area contributed by atoms with Gasteiger partial charge in [-0.2, -0.15) is 0 Å². The molecule has 6 heteroatoms. The molecule has 1 heterocycles. The molecule has 0 aliphatic carbocycles. The number of aromatic nitrogens is 1. The molecule has 1 aromatic heterocycles. The molecule has 0 saturated carbocycles. The molecular weight excluding hydrogens is 284 g/mol. The highest BCUT2D eigenvalue weighted by molar-refractivity contribution is 5.82. The zero-order valence-corrected chi connectivity index (χ0v) is 11.5. The Kier molecular flexibility index (Phi) is 3.34. The summed E-state index contributed by atoms with van der Waals surface area (Å²) in [4.78, 5) is 22.5. The van der Waals surface area contributed by atoms with Crippen LogP contribution in [-0.2, 0) is 6.54 Å². The Hall–Kier alpha value is -3.15. The number of pyridine rings is 1. The smallest absolute Gasteiger partial charge is 0.293 e. The lowest BCUT2D eigenvalue weighted by Gasteiger charge is -2.11. The van der Waals surface area contributed by atoms with Crippen molar-refractivity contribution in [2.24, 2.45) is 0 Å². The molecule has 6 nitrogen and oxygen atoms in total. The van der Waals surface area contributed by atoms with Crippen LogP contribution in [0.1, 0.15) is 5.56 Å². The van der Waals surface area contributed by atoms with Gasteiger partial charge >= 0.3 is 0 Å². The Morgan fingerprint density at radius 3 is 2.50 bits per heavy atom. The van der Waals surface area contributed by atoms with Gasteiger partial charge in [-0.25, -0.2) is 0 Å². The van der Waals surface area contributed by atoms with E-state index in [0.717, 1.165) is 5.56 Å². The molecule has 0 spiro atoms. The van der Waals surface area contributed by atoms with Crippen LogP contribution < -0.4 is 5.56 Å². The van der Waals surface area contributed by atoms with Gasteiger partial charge in [-0.15, -0.1) is 0 Å². The first-order valence-corrected chi connectivity index (χ1v) is 6.61. The van der Waals surface area contributed by atoms with E-state index in [-0.39, 0.29) is 12.2 Å². The fourth-order valence-corrected chi connectivity index (χ4v) is 2.40. The number of nitro groups is 1. The van der Waals surface area contributed by atoms with Crippen LogP contribution in [0, 0.1) is 10.1 Å². The number of rotatable bonds is 3. The monoisotopic (exact) mass is 296 g/mol. The van der Waals surface area contributed by atoms with Gasteiger partial charge in [0, 0.05) is 17.5 Å². The van der Waals surface area contributed by atoms with Crippen LogP contribution >= 0.6 is 0 Å². The van der Waals surface area contributed by atoms with Gasteiger partial charge in [0.25, 0.3) is 11.2 Å². The summed E-state index contributed by atoms with van der Waals surface area (Å²) in [5.41, 5.74) is 0.828. The van der Waals surface area contributed by atoms with Crippen LogP contribution in [0.5, 0.6) is 5.75 Å². The van der Waals surface area contributed by atoms with Gasteiger partial charge in [-0.1, -0.05) is 30.3 Å². The molecule has 22 heavy (non-hydrogen) atoms. The lowest BCUT2D eigenvalue weighted by Crippen LogP contribution is -2.20. The van der Waals surface area contributed by atoms with Crippen molar-refractivity contribution in [1.29, 1.82) is 0 Å². The summed E-state index contributed by atoms with van der Waals surface area (Å²) in [6.07, 6.45) is 0. The van der Waals surface area contributed by atoms with Crippen LogP contribution in [0.15, 0.2) is 59.4 Å². The van der Waals surface area contributed by atoms with E-state index in [4.69, 9.17) is 0 Å². The van der Waals surface area contributed by atoms with E-state index in [0.29, 0.717) is 10.9 Å². The van der Waals surface area contributed by atoms with Crippen molar-refractivity contribution >= 4 is 16.6 Å². The second kappa shape index (κ2) is 5.33. The zero-order valence-electron chi connectivity index (χ0n) is 11.5. The van der Waals surface area contributed by atoms with E-state index in [1.807, 2.05) is 30.3 Å².